The van der Waals surface area contributed by atoms with Crippen LogP contribution in [0.15, 0.2) is 30.5 Å². The number of amides is 2. The Morgan fingerprint density at radius 1 is 1.20 bits per heavy atom. The van der Waals surface area contributed by atoms with Crippen LogP contribution in [0.5, 0.6) is 0 Å². The molecule has 2 N–H and O–H groups in total. The topological polar surface area (TPSA) is 127 Å². The van der Waals surface area contributed by atoms with Crippen molar-refractivity contribution in [3.8, 4) is 17.2 Å². The van der Waals surface area contributed by atoms with Crippen molar-refractivity contribution < 1.29 is 19.5 Å². The van der Waals surface area contributed by atoms with Crippen LogP contribution in [0.2, 0.25) is 0 Å². The number of anilines is 1. The van der Waals surface area contributed by atoms with Gasteiger partial charge in [-0.1, -0.05) is 0 Å². The molecule has 5 aliphatic rings. The van der Waals surface area contributed by atoms with Crippen molar-refractivity contribution in [2.45, 2.75) is 69.0 Å². The number of carbonyl (C=O) groups excluding carboxylic acids is 2. The monoisotopic (exact) mass is 569 g/mol. The lowest BCUT2D eigenvalue weighted by atomic mass is 9.75. The van der Waals surface area contributed by atoms with Gasteiger partial charge in [0.25, 0.3) is 6.47 Å². The molecule has 2 saturated carbocycles. The molecular formula is C31H31N5O4S. The zero-order valence-electron chi connectivity index (χ0n) is 22.6. The first-order valence-corrected chi connectivity index (χ1v) is 15.1. The first-order valence-electron chi connectivity index (χ1n) is 14.3. The molecule has 210 valence electrons. The summed E-state index contributed by atoms with van der Waals surface area (Å²) in [5, 5.41) is 20.7. The maximum Gasteiger partial charge on any atom is 0.290 e. The summed E-state index contributed by atoms with van der Waals surface area (Å²) in [5.41, 5.74) is 6.76. The fourth-order valence-corrected chi connectivity index (χ4v) is 8.53. The Labute approximate surface area is 241 Å². The van der Waals surface area contributed by atoms with Crippen molar-refractivity contribution in [2.24, 2.45) is 5.92 Å². The van der Waals surface area contributed by atoms with Crippen LogP contribution in [0.1, 0.15) is 66.9 Å². The van der Waals surface area contributed by atoms with E-state index in [1.54, 1.807) is 11.3 Å². The van der Waals surface area contributed by atoms with Gasteiger partial charge in [-0.15, -0.1) is 11.3 Å². The van der Waals surface area contributed by atoms with Crippen molar-refractivity contribution in [3.63, 3.8) is 0 Å². The second-order valence-electron chi connectivity index (χ2n) is 12.0. The van der Waals surface area contributed by atoms with Gasteiger partial charge in [0.1, 0.15) is 0 Å². The minimum Gasteiger partial charge on any atom is -0.483 e. The summed E-state index contributed by atoms with van der Waals surface area (Å²) in [6, 6.07) is 11.2. The molecule has 2 aliphatic carbocycles. The smallest absolute Gasteiger partial charge is 0.290 e. The van der Waals surface area contributed by atoms with Gasteiger partial charge in [0.15, 0.2) is 0 Å². The lowest BCUT2D eigenvalue weighted by molar-refractivity contribution is -0.139. The average molecular weight is 570 g/mol. The predicted molar refractivity (Wildman–Crippen MR) is 154 cm³/mol. The summed E-state index contributed by atoms with van der Waals surface area (Å²) in [5.74, 6) is 1.04. The van der Waals surface area contributed by atoms with Gasteiger partial charge in [0.2, 0.25) is 11.8 Å². The molecule has 0 bridgehead atoms. The Bertz CT molecular complexity index is 1610. The highest BCUT2D eigenvalue weighted by molar-refractivity contribution is 7.19. The van der Waals surface area contributed by atoms with Crippen LogP contribution in [0.25, 0.3) is 21.3 Å². The van der Waals surface area contributed by atoms with Crippen molar-refractivity contribution in [3.05, 3.63) is 46.5 Å². The average Bonchev–Trinajstić information content (AvgIpc) is 3.25. The number of benzene rings is 1. The van der Waals surface area contributed by atoms with E-state index in [0.717, 1.165) is 39.3 Å². The Morgan fingerprint density at radius 2 is 1.98 bits per heavy atom. The molecule has 9 nitrogen and oxygen atoms in total. The number of rotatable bonds is 4. The van der Waals surface area contributed by atoms with Gasteiger partial charge >= 0.3 is 0 Å². The molecule has 2 amide bonds. The number of pyridine rings is 1. The van der Waals surface area contributed by atoms with E-state index in [0.29, 0.717) is 48.4 Å². The summed E-state index contributed by atoms with van der Waals surface area (Å²) in [7, 11) is 0. The second-order valence-corrected chi connectivity index (χ2v) is 13.1. The third-order valence-corrected chi connectivity index (χ3v) is 10.8. The van der Waals surface area contributed by atoms with Crippen LogP contribution < -0.4 is 10.2 Å². The molecule has 2 saturated heterocycles. The number of hydrogen-bond acceptors (Lipinski definition) is 8. The number of likely N-dealkylation sites (tertiary alicyclic amines) is 1. The van der Waals surface area contributed by atoms with E-state index >= 15 is 0 Å². The number of imide groups is 1. The normalized spacial score (nSPS) is 25.3. The van der Waals surface area contributed by atoms with E-state index in [4.69, 9.17) is 9.90 Å². The van der Waals surface area contributed by atoms with E-state index in [2.05, 4.69) is 39.5 Å². The summed E-state index contributed by atoms with van der Waals surface area (Å²) >= 11 is 1.61. The molecule has 41 heavy (non-hydrogen) atoms. The van der Waals surface area contributed by atoms with Crippen molar-refractivity contribution in [2.75, 3.05) is 18.0 Å². The van der Waals surface area contributed by atoms with Gasteiger partial charge < -0.3 is 15.3 Å². The summed E-state index contributed by atoms with van der Waals surface area (Å²) < 4.78 is 1.05. The van der Waals surface area contributed by atoms with Crippen LogP contribution in [0, 0.1) is 17.2 Å². The van der Waals surface area contributed by atoms with E-state index in [1.807, 2.05) is 12.3 Å². The van der Waals surface area contributed by atoms with E-state index in [-0.39, 0.29) is 18.3 Å². The number of aromatic nitrogens is 1. The molecular weight excluding hydrogens is 538 g/mol. The fraction of sp³-hybridized carbons (Fsp3) is 0.452. The van der Waals surface area contributed by atoms with Crippen LogP contribution in [0.3, 0.4) is 0 Å². The molecule has 3 aliphatic heterocycles. The summed E-state index contributed by atoms with van der Waals surface area (Å²) in [4.78, 5) is 42.5. The van der Waals surface area contributed by atoms with Crippen molar-refractivity contribution in [1.29, 1.82) is 5.26 Å². The standard InChI is InChI=1S/C30H29N5O2S.CH2O2/c31-13-17-8-23(21-4-7-32-25-11-20(38-29(21)25)16-35-26(36)2-3-27(35)37)28-24(9-17)22-10-18(22)15-34(28)19-12-30(33-14-19)5-1-6-30;2-1-3/h4,7-9,11,18-19,22,33H,1-3,5-6,10,12,14-16H2;1H,(H,2,3)/t18?,19-,22?;/m0./s1. The largest absolute Gasteiger partial charge is 0.483 e. The third kappa shape index (κ3) is 4.39. The van der Waals surface area contributed by atoms with Gasteiger partial charge in [-0.3, -0.25) is 24.3 Å². The SMILES string of the molecule is N#Cc1cc(-c2ccnc3cc(CN4C(=O)CCC4=O)sc23)c2c(c1)C1CC1CN2[C@@H]1CNC2(CCC2)C1.O=CO. The zero-order valence-corrected chi connectivity index (χ0v) is 23.5. The summed E-state index contributed by atoms with van der Waals surface area (Å²) in [6.45, 7) is 2.16. The number of nitrogens with zero attached hydrogens (tertiary/aromatic N) is 4. The molecule has 10 heteroatoms. The number of nitrogens with one attached hydrogen (secondary N) is 1. The van der Waals surface area contributed by atoms with Crippen molar-refractivity contribution >= 4 is 45.5 Å². The number of carboxylic acid groups (broad SMARTS) is 1. The van der Waals surface area contributed by atoms with Gasteiger partial charge in [0, 0.05) is 65.4 Å². The van der Waals surface area contributed by atoms with Crippen LogP contribution in [0.4, 0.5) is 5.69 Å². The molecule has 2 aromatic heterocycles. The number of fused-ring (bicyclic) bond motifs is 4. The Balaban J connectivity index is 0.000000884. The molecule has 1 spiro atoms. The molecule has 3 atom stereocenters. The minimum atomic E-state index is -0.250. The highest BCUT2D eigenvalue weighted by Gasteiger charge is 2.51. The number of carbonyl (C=O) groups is 3. The lowest BCUT2D eigenvalue weighted by Crippen LogP contribution is -2.46. The van der Waals surface area contributed by atoms with Crippen LogP contribution >= 0.6 is 11.3 Å². The Morgan fingerprint density at radius 3 is 2.66 bits per heavy atom. The van der Waals surface area contributed by atoms with Gasteiger partial charge in [-0.2, -0.15) is 5.26 Å². The third-order valence-electron chi connectivity index (χ3n) is 9.62. The van der Waals surface area contributed by atoms with E-state index < -0.39 is 0 Å². The molecule has 3 aromatic rings. The maximum absolute atomic E-state index is 12.2. The first-order chi connectivity index (χ1) is 19.9. The first kappa shape index (κ1) is 26.1. The molecule has 4 fully saturated rings. The Hall–Kier alpha value is -3.81. The molecule has 2 unspecified atom stereocenters. The predicted octanol–water partition coefficient (Wildman–Crippen LogP) is 4.39. The van der Waals surface area contributed by atoms with Gasteiger partial charge in [-0.05, 0) is 73.8 Å². The number of hydrogen-bond donors (Lipinski definition) is 2. The minimum absolute atomic E-state index is 0.0968. The van der Waals surface area contributed by atoms with Crippen molar-refractivity contribution in [1.82, 2.24) is 15.2 Å². The quantitative estimate of drug-likeness (QED) is 0.350. The summed E-state index contributed by atoms with van der Waals surface area (Å²) in [6.07, 6.45) is 8.72. The molecule has 1 aromatic carbocycles. The lowest BCUT2D eigenvalue weighted by Gasteiger charge is -2.41. The second kappa shape index (κ2) is 9.93. The highest BCUT2D eigenvalue weighted by Crippen LogP contribution is 2.58. The van der Waals surface area contributed by atoms with Gasteiger partial charge in [-0.25, -0.2) is 0 Å². The molecule has 8 rings (SSSR count). The number of thiophene rings is 1. The maximum atomic E-state index is 12.2. The molecule has 5 heterocycles. The highest BCUT2D eigenvalue weighted by atomic mass is 32.1. The fourth-order valence-electron chi connectivity index (χ4n) is 7.40. The van der Waals surface area contributed by atoms with Crippen LogP contribution in [-0.2, 0) is 20.9 Å². The van der Waals surface area contributed by atoms with E-state index in [1.165, 1.54) is 48.3 Å². The van der Waals surface area contributed by atoms with Gasteiger partial charge in [0.05, 0.1) is 28.4 Å². The zero-order chi connectivity index (χ0) is 28.3. The van der Waals surface area contributed by atoms with Crippen LogP contribution in [-0.4, -0.2) is 57.9 Å². The Kier molecular flexibility index (Phi) is 6.32. The molecule has 0 radical (unpaired) electrons. The number of nitriles is 1. The van der Waals surface area contributed by atoms with E-state index in [9.17, 15) is 14.9 Å².